The van der Waals surface area contributed by atoms with Crippen molar-refractivity contribution < 1.29 is 14.5 Å². The van der Waals surface area contributed by atoms with Crippen LogP contribution in [0.3, 0.4) is 0 Å². The number of nitrogens with zero attached hydrogens (tertiary/aromatic N) is 1. The molecule has 1 aromatic carbocycles. The fourth-order valence-electron chi connectivity index (χ4n) is 1.73. The second-order valence-electron chi connectivity index (χ2n) is 5.46. The molecule has 1 amide bonds. The third kappa shape index (κ3) is 4.87. The number of benzene rings is 1. The van der Waals surface area contributed by atoms with E-state index in [1.54, 1.807) is 32.9 Å². The predicted molar refractivity (Wildman–Crippen MR) is 75.5 cm³/mol. The molecule has 0 aliphatic carbocycles. The summed E-state index contributed by atoms with van der Waals surface area (Å²) in [4.78, 5) is 22.1. The highest BCUT2D eigenvalue weighted by molar-refractivity contribution is 5.68. The van der Waals surface area contributed by atoms with Crippen LogP contribution in [0.1, 0.15) is 45.7 Å². The van der Waals surface area contributed by atoms with Crippen molar-refractivity contribution in [3.63, 3.8) is 0 Å². The third-order valence-electron chi connectivity index (χ3n) is 2.58. The molecule has 1 aromatic rings. The number of non-ortho nitro benzene ring substituents is 1. The van der Waals surface area contributed by atoms with Gasteiger partial charge in [0.1, 0.15) is 5.60 Å². The molecule has 0 heterocycles. The Bertz CT molecular complexity index is 494. The maximum Gasteiger partial charge on any atom is 0.408 e. The molecule has 0 saturated heterocycles. The largest absolute Gasteiger partial charge is 0.444 e. The van der Waals surface area contributed by atoms with Crippen LogP contribution in [-0.2, 0) is 4.74 Å². The number of carbonyl (C=O) groups is 1. The highest BCUT2D eigenvalue weighted by atomic mass is 16.6. The molecule has 0 aromatic heterocycles. The van der Waals surface area contributed by atoms with Gasteiger partial charge in [-0.05, 0) is 32.8 Å². The Balaban J connectivity index is 2.83. The summed E-state index contributed by atoms with van der Waals surface area (Å²) in [5.41, 5.74) is 0.116. The number of carbonyl (C=O) groups excluding carboxylic acids is 1. The molecule has 6 heteroatoms. The van der Waals surface area contributed by atoms with Crippen molar-refractivity contribution in [2.24, 2.45) is 0 Å². The summed E-state index contributed by atoms with van der Waals surface area (Å²) >= 11 is 0. The SMILES string of the molecule is CCC(NC(=O)OC(C)(C)C)c1cccc([N+](=O)[O-])c1. The molecule has 0 fully saturated rings. The van der Waals surface area contributed by atoms with Gasteiger partial charge in [-0.3, -0.25) is 10.1 Å². The van der Waals surface area contributed by atoms with E-state index in [1.165, 1.54) is 12.1 Å². The Labute approximate surface area is 118 Å². The summed E-state index contributed by atoms with van der Waals surface area (Å²) < 4.78 is 5.19. The first-order valence-electron chi connectivity index (χ1n) is 6.47. The minimum Gasteiger partial charge on any atom is -0.444 e. The van der Waals surface area contributed by atoms with Crippen molar-refractivity contribution in [1.82, 2.24) is 5.32 Å². The van der Waals surface area contributed by atoms with Crippen LogP contribution in [0.25, 0.3) is 0 Å². The lowest BCUT2D eigenvalue weighted by Crippen LogP contribution is -2.34. The average molecular weight is 280 g/mol. The molecule has 0 spiro atoms. The van der Waals surface area contributed by atoms with Crippen LogP contribution >= 0.6 is 0 Å². The van der Waals surface area contributed by atoms with E-state index in [9.17, 15) is 14.9 Å². The normalized spacial score (nSPS) is 12.6. The zero-order valence-corrected chi connectivity index (χ0v) is 12.2. The molecular formula is C14H20N2O4. The van der Waals surface area contributed by atoms with Gasteiger partial charge in [-0.2, -0.15) is 0 Å². The van der Waals surface area contributed by atoms with E-state index in [1.807, 2.05) is 6.92 Å². The second-order valence-corrected chi connectivity index (χ2v) is 5.46. The van der Waals surface area contributed by atoms with Gasteiger partial charge >= 0.3 is 6.09 Å². The Morgan fingerprint density at radius 1 is 1.45 bits per heavy atom. The van der Waals surface area contributed by atoms with E-state index in [0.29, 0.717) is 12.0 Å². The lowest BCUT2D eigenvalue weighted by Gasteiger charge is -2.23. The van der Waals surface area contributed by atoms with Crippen LogP contribution in [-0.4, -0.2) is 16.6 Å². The first-order valence-corrected chi connectivity index (χ1v) is 6.47. The predicted octanol–water partition coefficient (Wildman–Crippen LogP) is 3.57. The second kappa shape index (κ2) is 6.36. The van der Waals surface area contributed by atoms with Crippen molar-refractivity contribution >= 4 is 11.8 Å². The number of alkyl carbamates (subject to hydrolysis) is 1. The topological polar surface area (TPSA) is 81.5 Å². The number of hydrogen-bond acceptors (Lipinski definition) is 4. The standard InChI is InChI=1S/C14H20N2O4/c1-5-12(15-13(17)20-14(2,3)4)10-7-6-8-11(9-10)16(18)19/h6-9,12H,5H2,1-4H3,(H,15,17). The highest BCUT2D eigenvalue weighted by Crippen LogP contribution is 2.22. The molecular weight excluding hydrogens is 260 g/mol. The summed E-state index contributed by atoms with van der Waals surface area (Å²) in [6.07, 6.45) is 0.0799. The van der Waals surface area contributed by atoms with Crippen LogP contribution in [0, 0.1) is 10.1 Å². The summed E-state index contributed by atoms with van der Waals surface area (Å²) in [6.45, 7) is 7.23. The van der Waals surface area contributed by atoms with Gasteiger partial charge in [0.2, 0.25) is 0 Å². The fraction of sp³-hybridized carbons (Fsp3) is 0.500. The smallest absolute Gasteiger partial charge is 0.408 e. The fourth-order valence-corrected chi connectivity index (χ4v) is 1.73. The molecule has 20 heavy (non-hydrogen) atoms. The molecule has 0 aliphatic rings. The zero-order chi connectivity index (χ0) is 15.3. The van der Waals surface area contributed by atoms with Crippen LogP contribution in [0.5, 0.6) is 0 Å². The van der Waals surface area contributed by atoms with E-state index < -0.39 is 16.6 Å². The van der Waals surface area contributed by atoms with Crippen molar-refractivity contribution in [1.29, 1.82) is 0 Å². The molecule has 1 N–H and O–H groups in total. The number of nitrogens with one attached hydrogen (secondary N) is 1. The third-order valence-corrected chi connectivity index (χ3v) is 2.58. The van der Waals surface area contributed by atoms with E-state index in [4.69, 9.17) is 4.74 Å². The van der Waals surface area contributed by atoms with Gasteiger partial charge in [0.05, 0.1) is 11.0 Å². The maximum atomic E-state index is 11.8. The first kappa shape index (κ1) is 15.9. The van der Waals surface area contributed by atoms with Gasteiger partial charge in [-0.25, -0.2) is 4.79 Å². The monoisotopic (exact) mass is 280 g/mol. The van der Waals surface area contributed by atoms with E-state index >= 15 is 0 Å². The Kier molecular flexibility index (Phi) is 5.07. The molecule has 0 radical (unpaired) electrons. The number of hydrogen-bond donors (Lipinski definition) is 1. The summed E-state index contributed by atoms with van der Waals surface area (Å²) in [5, 5.41) is 13.5. The van der Waals surface area contributed by atoms with Gasteiger partial charge in [-0.1, -0.05) is 19.1 Å². The first-order chi connectivity index (χ1) is 9.23. The molecule has 0 aliphatic heterocycles. The average Bonchev–Trinajstić information content (AvgIpc) is 2.34. The minimum atomic E-state index is -0.578. The van der Waals surface area contributed by atoms with Gasteiger partial charge in [-0.15, -0.1) is 0 Å². The van der Waals surface area contributed by atoms with Gasteiger partial charge < -0.3 is 10.1 Å². The quantitative estimate of drug-likeness (QED) is 0.675. The van der Waals surface area contributed by atoms with Crippen LogP contribution < -0.4 is 5.32 Å². The Morgan fingerprint density at radius 3 is 2.60 bits per heavy atom. The number of amides is 1. The molecule has 0 saturated carbocycles. The molecule has 6 nitrogen and oxygen atoms in total. The molecule has 110 valence electrons. The van der Waals surface area contributed by atoms with Crippen molar-refractivity contribution in [2.45, 2.75) is 45.8 Å². The summed E-state index contributed by atoms with van der Waals surface area (Å²) in [7, 11) is 0. The maximum absolute atomic E-state index is 11.8. The minimum absolute atomic E-state index is 0.00642. The van der Waals surface area contributed by atoms with Crippen molar-refractivity contribution in [2.75, 3.05) is 0 Å². The van der Waals surface area contributed by atoms with Crippen molar-refractivity contribution in [3.8, 4) is 0 Å². The van der Waals surface area contributed by atoms with Crippen LogP contribution in [0.15, 0.2) is 24.3 Å². The Hall–Kier alpha value is -2.11. The van der Waals surface area contributed by atoms with Gasteiger partial charge in [0, 0.05) is 12.1 Å². The summed E-state index contributed by atoms with van der Waals surface area (Å²) in [5.74, 6) is 0. The van der Waals surface area contributed by atoms with Crippen LogP contribution in [0.4, 0.5) is 10.5 Å². The molecule has 1 atom stereocenters. The Morgan fingerprint density at radius 2 is 2.10 bits per heavy atom. The highest BCUT2D eigenvalue weighted by Gasteiger charge is 2.20. The van der Waals surface area contributed by atoms with Gasteiger partial charge in [0.15, 0.2) is 0 Å². The van der Waals surface area contributed by atoms with E-state index in [2.05, 4.69) is 5.32 Å². The number of rotatable bonds is 4. The summed E-state index contributed by atoms with van der Waals surface area (Å²) in [6, 6.07) is 5.92. The molecule has 1 unspecified atom stereocenters. The van der Waals surface area contributed by atoms with Crippen LogP contribution in [0.2, 0.25) is 0 Å². The lowest BCUT2D eigenvalue weighted by atomic mass is 10.0. The molecule has 1 rings (SSSR count). The van der Waals surface area contributed by atoms with E-state index in [-0.39, 0.29) is 11.7 Å². The zero-order valence-electron chi connectivity index (χ0n) is 12.2. The number of nitro groups is 1. The lowest BCUT2D eigenvalue weighted by molar-refractivity contribution is -0.384. The van der Waals surface area contributed by atoms with Gasteiger partial charge in [0.25, 0.3) is 5.69 Å². The molecule has 0 bridgehead atoms. The number of nitro benzene ring substituents is 1. The van der Waals surface area contributed by atoms with E-state index in [0.717, 1.165) is 0 Å². The van der Waals surface area contributed by atoms with Crippen molar-refractivity contribution in [3.05, 3.63) is 39.9 Å². The number of ether oxygens (including phenoxy) is 1.